The Kier molecular flexibility index (Phi) is 4.91. The number of benzene rings is 2. The van der Waals surface area contributed by atoms with E-state index in [0.29, 0.717) is 22.0 Å². The van der Waals surface area contributed by atoms with Crippen LogP contribution in [-0.4, -0.2) is 46.6 Å². The van der Waals surface area contributed by atoms with E-state index in [2.05, 4.69) is 10.3 Å². The smallest absolute Gasteiger partial charge is 0.262 e. The summed E-state index contributed by atoms with van der Waals surface area (Å²) in [6.07, 6.45) is 0. The lowest BCUT2D eigenvalue weighted by Gasteiger charge is -2.21. The van der Waals surface area contributed by atoms with Crippen LogP contribution in [0.5, 0.6) is 0 Å². The molecule has 0 spiro atoms. The van der Waals surface area contributed by atoms with Crippen LogP contribution in [0.4, 0.5) is 10.8 Å². The molecule has 0 bridgehead atoms. The summed E-state index contributed by atoms with van der Waals surface area (Å²) in [7, 11) is 1.77. The van der Waals surface area contributed by atoms with Gasteiger partial charge in [-0.2, -0.15) is 0 Å². The summed E-state index contributed by atoms with van der Waals surface area (Å²) in [5.74, 6) is -1.43. The second kappa shape index (κ2) is 7.59. The van der Waals surface area contributed by atoms with Crippen LogP contribution in [0.1, 0.15) is 47.1 Å². The Morgan fingerprint density at radius 2 is 1.71 bits per heavy atom. The molecular formula is C25H22N4O4S. The Labute approximate surface area is 200 Å². The van der Waals surface area contributed by atoms with E-state index in [1.807, 2.05) is 37.4 Å². The molecule has 2 aliphatic rings. The van der Waals surface area contributed by atoms with E-state index in [1.54, 1.807) is 36.2 Å². The Bertz CT molecular complexity index is 1360. The summed E-state index contributed by atoms with van der Waals surface area (Å²) in [4.78, 5) is 57.9. The van der Waals surface area contributed by atoms with E-state index in [4.69, 9.17) is 0 Å². The number of carbonyl (C=O) groups excluding carboxylic acids is 4. The molecule has 3 heterocycles. The number of thiazole rings is 1. The van der Waals surface area contributed by atoms with Gasteiger partial charge in [0, 0.05) is 23.7 Å². The van der Waals surface area contributed by atoms with Gasteiger partial charge in [-0.3, -0.25) is 24.1 Å². The average molecular weight is 475 g/mol. The minimum Gasteiger partial charge on any atom is -0.314 e. The van der Waals surface area contributed by atoms with E-state index in [-0.39, 0.29) is 5.91 Å². The fraction of sp³-hybridized carbons (Fsp3) is 0.240. The number of likely N-dealkylation sites (N-methyl/N-ethyl adjacent to an activating group) is 1. The number of nitrogens with zero attached hydrogens (tertiary/aromatic N) is 3. The van der Waals surface area contributed by atoms with Crippen molar-refractivity contribution >= 4 is 45.8 Å². The highest BCUT2D eigenvalue weighted by Gasteiger charge is 2.43. The van der Waals surface area contributed by atoms with Gasteiger partial charge in [-0.15, -0.1) is 11.3 Å². The van der Waals surface area contributed by atoms with Crippen molar-refractivity contribution in [3.8, 4) is 11.3 Å². The zero-order chi connectivity index (χ0) is 24.4. The average Bonchev–Trinajstić information content (AvgIpc) is 3.44. The van der Waals surface area contributed by atoms with E-state index in [1.165, 1.54) is 18.3 Å². The third-order valence-corrected chi connectivity index (χ3v) is 7.25. The minimum absolute atomic E-state index is 0.0352. The summed E-state index contributed by atoms with van der Waals surface area (Å²) < 4.78 is 0. The molecule has 34 heavy (non-hydrogen) atoms. The molecule has 8 nitrogen and oxygen atoms in total. The fourth-order valence-corrected chi connectivity index (χ4v) is 5.21. The van der Waals surface area contributed by atoms with Gasteiger partial charge >= 0.3 is 0 Å². The maximum absolute atomic E-state index is 12.9. The molecule has 1 atom stereocenters. The number of amides is 4. The van der Waals surface area contributed by atoms with E-state index >= 15 is 0 Å². The lowest BCUT2D eigenvalue weighted by molar-refractivity contribution is -0.122. The number of anilines is 2. The van der Waals surface area contributed by atoms with Crippen LogP contribution < -0.4 is 10.2 Å². The molecule has 2 aromatic carbocycles. The molecular weight excluding hydrogens is 452 g/mol. The second-order valence-corrected chi connectivity index (χ2v) is 9.81. The predicted molar refractivity (Wildman–Crippen MR) is 129 cm³/mol. The van der Waals surface area contributed by atoms with Crippen molar-refractivity contribution in [2.75, 3.05) is 17.3 Å². The highest BCUT2D eigenvalue weighted by Crippen LogP contribution is 2.42. The molecule has 0 saturated heterocycles. The first-order valence-corrected chi connectivity index (χ1v) is 11.7. The summed E-state index contributed by atoms with van der Waals surface area (Å²) in [6, 6.07) is 11.3. The Hall–Kier alpha value is -3.85. The van der Waals surface area contributed by atoms with Crippen molar-refractivity contribution < 1.29 is 19.2 Å². The Balaban J connectivity index is 1.34. The van der Waals surface area contributed by atoms with Crippen molar-refractivity contribution in [2.45, 2.75) is 32.2 Å². The first-order valence-electron chi connectivity index (χ1n) is 10.8. The monoisotopic (exact) mass is 474 g/mol. The molecule has 9 heteroatoms. The molecule has 4 amide bonds. The van der Waals surface area contributed by atoms with Crippen LogP contribution in [0.3, 0.4) is 0 Å². The molecule has 0 saturated carbocycles. The van der Waals surface area contributed by atoms with Crippen molar-refractivity contribution in [3.63, 3.8) is 0 Å². The minimum atomic E-state index is -0.998. The number of aromatic nitrogens is 1. The van der Waals surface area contributed by atoms with Gasteiger partial charge in [-0.1, -0.05) is 18.2 Å². The van der Waals surface area contributed by atoms with Gasteiger partial charge in [-0.05, 0) is 50.6 Å². The molecule has 5 rings (SSSR count). The number of hydrogen-bond donors (Lipinski definition) is 1. The molecule has 172 valence electrons. The standard InChI is InChI=1S/C25H22N4O4S/c1-13(29-21(31)15-7-5-6-8-16(15)22(29)32)20(30)27-24-26-18(12-34-24)14-9-10-19-17(11-14)25(2,3)23(33)28(19)4/h5-13H,1-4H3,(H,26,27,30). The quantitative estimate of drug-likeness (QED) is 0.582. The molecule has 3 aromatic rings. The Morgan fingerprint density at radius 3 is 2.35 bits per heavy atom. The zero-order valence-electron chi connectivity index (χ0n) is 19.1. The van der Waals surface area contributed by atoms with Gasteiger partial charge in [0.1, 0.15) is 6.04 Å². The molecule has 0 fully saturated rings. The third kappa shape index (κ3) is 3.15. The van der Waals surface area contributed by atoms with Gasteiger partial charge in [0.05, 0.1) is 22.2 Å². The predicted octanol–water partition coefficient (Wildman–Crippen LogP) is 3.69. The topological polar surface area (TPSA) is 99.7 Å². The third-order valence-electron chi connectivity index (χ3n) is 6.49. The maximum Gasteiger partial charge on any atom is 0.262 e. The van der Waals surface area contributed by atoms with Gasteiger partial charge in [0.25, 0.3) is 11.8 Å². The first kappa shape index (κ1) is 22.0. The van der Waals surface area contributed by atoms with Crippen LogP contribution >= 0.6 is 11.3 Å². The zero-order valence-corrected chi connectivity index (χ0v) is 19.9. The summed E-state index contributed by atoms with van der Waals surface area (Å²) in [6.45, 7) is 5.31. The van der Waals surface area contributed by atoms with Gasteiger partial charge in [-0.25, -0.2) is 4.98 Å². The van der Waals surface area contributed by atoms with Crippen molar-refractivity contribution in [3.05, 3.63) is 64.5 Å². The number of fused-ring (bicyclic) bond motifs is 2. The van der Waals surface area contributed by atoms with Gasteiger partial charge < -0.3 is 10.2 Å². The fourth-order valence-electron chi connectivity index (χ4n) is 4.48. The van der Waals surface area contributed by atoms with Crippen LogP contribution in [0.2, 0.25) is 0 Å². The highest BCUT2D eigenvalue weighted by molar-refractivity contribution is 7.14. The number of nitrogens with one attached hydrogen (secondary N) is 1. The van der Waals surface area contributed by atoms with E-state index in [9.17, 15) is 19.2 Å². The Morgan fingerprint density at radius 1 is 1.06 bits per heavy atom. The molecule has 0 aliphatic carbocycles. The van der Waals surface area contributed by atoms with Gasteiger partial charge in [0.15, 0.2) is 5.13 Å². The lowest BCUT2D eigenvalue weighted by Crippen LogP contribution is -2.45. The number of carbonyl (C=O) groups is 4. The lowest BCUT2D eigenvalue weighted by atomic mass is 9.85. The molecule has 1 unspecified atom stereocenters. The maximum atomic E-state index is 12.9. The number of rotatable bonds is 4. The summed E-state index contributed by atoms with van der Waals surface area (Å²) in [5, 5.41) is 4.89. The first-order chi connectivity index (χ1) is 16.1. The highest BCUT2D eigenvalue weighted by atomic mass is 32.1. The summed E-state index contributed by atoms with van der Waals surface area (Å²) >= 11 is 1.25. The van der Waals surface area contributed by atoms with Crippen LogP contribution in [0.25, 0.3) is 11.3 Å². The SMILES string of the molecule is CC(C(=O)Nc1nc(-c2ccc3c(c2)C(C)(C)C(=O)N3C)cs1)N1C(=O)c2ccccc2C1=O. The molecule has 1 aromatic heterocycles. The van der Waals surface area contributed by atoms with Gasteiger partial charge in [0.2, 0.25) is 11.8 Å². The number of hydrogen-bond acceptors (Lipinski definition) is 6. The molecule has 2 aliphatic heterocycles. The van der Waals surface area contributed by atoms with E-state index in [0.717, 1.165) is 21.7 Å². The normalized spacial score (nSPS) is 17.1. The largest absolute Gasteiger partial charge is 0.314 e. The number of imide groups is 1. The summed E-state index contributed by atoms with van der Waals surface area (Å²) in [5.41, 5.74) is 3.26. The van der Waals surface area contributed by atoms with Crippen molar-refractivity contribution in [2.24, 2.45) is 0 Å². The molecule has 1 N–H and O–H groups in total. The van der Waals surface area contributed by atoms with Crippen LogP contribution in [-0.2, 0) is 15.0 Å². The second-order valence-electron chi connectivity index (χ2n) is 8.95. The van der Waals surface area contributed by atoms with Crippen LogP contribution in [0, 0.1) is 0 Å². The van der Waals surface area contributed by atoms with E-state index < -0.39 is 29.2 Å². The van der Waals surface area contributed by atoms with Crippen molar-refractivity contribution in [1.29, 1.82) is 0 Å². The van der Waals surface area contributed by atoms with Crippen LogP contribution in [0.15, 0.2) is 47.8 Å². The molecule has 0 radical (unpaired) electrons. The van der Waals surface area contributed by atoms with Crippen molar-refractivity contribution in [1.82, 2.24) is 9.88 Å².